The monoisotopic (exact) mass is 366 g/mol. The number of fused-ring (bicyclic) bond motifs is 3. The minimum absolute atomic E-state index is 0.0550. The number of hydrogen-bond donors (Lipinski definition) is 1. The number of carbonyl (C=O) groups is 3. The van der Waals surface area contributed by atoms with Gasteiger partial charge in [-0.1, -0.05) is 31.1 Å². The molecule has 5 rings (SSSR count). The highest BCUT2D eigenvalue weighted by Gasteiger charge is 2.65. The number of carboxylic acids is 1. The first kappa shape index (κ1) is 17.2. The van der Waals surface area contributed by atoms with Crippen LogP contribution in [0.25, 0.3) is 0 Å². The Hall–Kier alpha value is -1.97. The van der Waals surface area contributed by atoms with Gasteiger partial charge in [0.2, 0.25) is 0 Å². The number of ketones is 2. The van der Waals surface area contributed by atoms with Crippen molar-refractivity contribution in [2.45, 2.75) is 65.2 Å². The lowest BCUT2D eigenvalue weighted by molar-refractivity contribution is -0.141. The summed E-state index contributed by atoms with van der Waals surface area (Å²) in [6, 6.07) is 0. The van der Waals surface area contributed by atoms with Crippen molar-refractivity contribution in [1.82, 2.24) is 0 Å². The van der Waals surface area contributed by atoms with E-state index in [-0.39, 0.29) is 16.6 Å². The number of carboxylic acid groups (broad SMARTS) is 1. The van der Waals surface area contributed by atoms with Crippen LogP contribution in [0.4, 0.5) is 0 Å². The van der Waals surface area contributed by atoms with Crippen LogP contribution in [0.3, 0.4) is 0 Å². The summed E-state index contributed by atoms with van der Waals surface area (Å²) in [5.41, 5.74) is 3.42. The molecule has 0 aliphatic heterocycles. The number of carbonyl (C=O) groups excluding carboxylic acids is 2. The van der Waals surface area contributed by atoms with Crippen LogP contribution in [0.1, 0.15) is 65.2 Å². The molecule has 0 aromatic rings. The van der Waals surface area contributed by atoms with E-state index < -0.39 is 17.3 Å². The topological polar surface area (TPSA) is 71.4 Å². The summed E-state index contributed by atoms with van der Waals surface area (Å²) in [6.45, 7) is 4.40. The maximum Gasteiger partial charge on any atom is 0.311 e. The van der Waals surface area contributed by atoms with Gasteiger partial charge >= 0.3 is 5.97 Å². The van der Waals surface area contributed by atoms with E-state index in [1.54, 1.807) is 6.08 Å². The van der Waals surface area contributed by atoms with Gasteiger partial charge in [-0.25, -0.2) is 0 Å². The molecule has 1 saturated carbocycles. The first-order valence-electron chi connectivity index (χ1n) is 10.2. The minimum Gasteiger partial charge on any atom is -0.481 e. The molecule has 0 amide bonds. The van der Waals surface area contributed by atoms with E-state index in [0.717, 1.165) is 48.8 Å². The van der Waals surface area contributed by atoms with Crippen molar-refractivity contribution in [3.05, 3.63) is 34.4 Å². The zero-order valence-corrected chi connectivity index (χ0v) is 16.1. The van der Waals surface area contributed by atoms with Crippen molar-refractivity contribution in [2.24, 2.45) is 22.2 Å². The molecule has 0 radical (unpaired) electrons. The van der Waals surface area contributed by atoms with Crippen LogP contribution in [-0.2, 0) is 14.4 Å². The SMILES string of the molecule is CC12CCC(=O)C=C1C[C@@H](C(=O)O)C1=C2CCC23C(=O)CC[C@]2(C)CC=C13. The molecule has 4 heteroatoms. The Bertz CT molecular complexity index is 903. The summed E-state index contributed by atoms with van der Waals surface area (Å²) < 4.78 is 0. The van der Waals surface area contributed by atoms with Gasteiger partial charge < -0.3 is 5.11 Å². The molecule has 1 fully saturated rings. The van der Waals surface area contributed by atoms with E-state index in [0.29, 0.717) is 25.0 Å². The third-order valence-corrected chi connectivity index (χ3v) is 8.64. The Morgan fingerprint density at radius 2 is 1.89 bits per heavy atom. The molecule has 2 unspecified atom stereocenters. The molecule has 4 nitrogen and oxygen atoms in total. The first-order valence-corrected chi connectivity index (χ1v) is 10.2. The largest absolute Gasteiger partial charge is 0.481 e. The van der Waals surface area contributed by atoms with Gasteiger partial charge in [0, 0.05) is 18.3 Å². The second-order valence-corrected chi connectivity index (χ2v) is 9.67. The maximum absolute atomic E-state index is 13.1. The maximum atomic E-state index is 13.1. The van der Waals surface area contributed by atoms with Gasteiger partial charge in [-0.3, -0.25) is 14.4 Å². The van der Waals surface area contributed by atoms with Gasteiger partial charge in [-0.15, -0.1) is 0 Å². The molecule has 5 aliphatic carbocycles. The van der Waals surface area contributed by atoms with Crippen LogP contribution in [0.15, 0.2) is 34.4 Å². The zero-order chi connectivity index (χ0) is 19.2. The lowest BCUT2D eigenvalue weighted by Gasteiger charge is -2.52. The van der Waals surface area contributed by atoms with Gasteiger partial charge in [0.1, 0.15) is 5.78 Å². The Labute approximate surface area is 159 Å². The summed E-state index contributed by atoms with van der Waals surface area (Å²) >= 11 is 0. The van der Waals surface area contributed by atoms with Crippen LogP contribution < -0.4 is 0 Å². The molecular formula is C23H26O4. The second kappa shape index (κ2) is 5.09. The van der Waals surface area contributed by atoms with E-state index in [2.05, 4.69) is 19.9 Å². The number of Topliss-reactive ketones (excluding diaryl/α,β-unsaturated/α-hetero) is 1. The molecule has 27 heavy (non-hydrogen) atoms. The fourth-order valence-electron chi connectivity index (χ4n) is 7.02. The molecule has 0 bridgehead atoms. The Morgan fingerprint density at radius 1 is 1.11 bits per heavy atom. The van der Waals surface area contributed by atoms with E-state index in [9.17, 15) is 19.5 Å². The molecular weight excluding hydrogens is 340 g/mol. The van der Waals surface area contributed by atoms with Gasteiger partial charge in [0.05, 0.1) is 11.3 Å². The number of rotatable bonds is 1. The van der Waals surface area contributed by atoms with Gasteiger partial charge in [-0.05, 0) is 61.2 Å². The van der Waals surface area contributed by atoms with Crippen molar-refractivity contribution in [1.29, 1.82) is 0 Å². The predicted molar refractivity (Wildman–Crippen MR) is 99.9 cm³/mol. The molecule has 142 valence electrons. The summed E-state index contributed by atoms with van der Waals surface area (Å²) in [5.74, 6) is -1.04. The summed E-state index contributed by atoms with van der Waals surface area (Å²) in [7, 11) is 0. The quantitative estimate of drug-likeness (QED) is 0.756. The van der Waals surface area contributed by atoms with E-state index in [1.165, 1.54) is 5.57 Å². The zero-order valence-electron chi connectivity index (χ0n) is 16.1. The normalized spacial score (nSPS) is 42.8. The number of aliphatic carboxylic acids is 1. The summed E-state index contributed by atoms with van der Waals surface area (Å²) in [4.78, 5) is 37.4. The lowest BCUT2D eigenvalue weighted by atomic mass is 9.50. The number of allylic oxidation sites excluding steroid dienone is 5. The lowest BCUT2D eigenvalue weighted by Crippen LogP contribution is -2.46. The Kier molecular flexibility index (Phi) is 3.23. The summed E-state index contributed by atoms with van der Waals surface area (Å²) in [5, 5.41) is 10.0. The summed E-state index contributed by atoms with van der Waals surface area (Å²) in [6.07, 6.45) is 9.55. The highest BCUT2D eigenvalue weighted by atomic mass is 16.4. The van der Waals surface area contributed by atoms with Crippen LogP contribution >= 0.6 is 0 Å². The third-order valence-electron chi connectivity index (χ3n) is 8.64. The first-order chi connectivity index (χ1) is 12.7. The standard InChI is InChI=1S/C23H26O4/c1-21-7-4-17-19-15(20(26)27)12-13-11-14(24)3-9-22(13,2)16(19)5-10-23(17,21)18(25)6-8-21/h4,11,15H,3,5-10,12H2,1-2H3,(H,26,27)/t15-,21+,22?,23?/m1/s1. The highest BCUT2D eigenvalue weighted by molar-refractivity contribution is 5.96. The molecule has 5 aliphatic rings. The molecule has 0 saturated heterocycles. The van der Waals surface area contributed by atoms with E-state index in [4.69, 9.17) is 0 Å². The van der Waals surface area contributed by atoms with Gasteiger partial charge in [-0.2, -0.15) is 0 Å². The highest BCUT2D eigenvalue weighted by Crippen LogP contribution is 2.70. The molecule has 4 atom stereocenters. The fraction of sp³-hybridized carbons (Fsp3) is 0.609. The molecule has 1 spiro atoms. The Balaban J connectivity index is 1.75. The average Bonchev–Trinajstić information content (AvgIpc) is 3.06. The van der Waals surface area contributed by atoms with Gasteiger partial charge in [0.15, 0.2) is 5.78 Å². The van der Waals surface area contributed by atoms with Crippen molar-refractivity contribution in [2.75, 3.05) is 0 Å². The van der Waals surface area contributed by atoms with E-state index >= 15 is 0 Å². The fourth-order valence-corrected chi connectivity index (χ4v) is 7.02. The molecule has 0 aromatic heterocycles. The minimum atomic E-state index is -0.833. The Morgan fingerprint density at radius 3 is 2.63 bits per heavy atom. The van der Waals surface area contributed by atoms with Crippen molar-refractivity contribution in [3.63, 3.8) is 0 Å². The van der Waals surface area contributed by atoms with Gasteiger partial charge in [0.25, 0.3) is 0 Å². The smallest absolute Gasteiger partial charge is 0.311 e. The average molecular weight is 366 g/mol. The van der Waals surface area contributed by atoms with Crippen molar-refractivity contribution >= 4 is 17.5 Å². The van der Waals surface area contributed by atoms with Crippen molar-refractivity contribution in [3.8, 4) is 0 Å². The van der Waals surface area contributed by atoms with Crippen molar-refractivity contribution < 1.29 is 19.5 Å². The molecule has 0 heterocycles. The molecule has 1 N–H and O–H groups in total. The number of hydrogen-bond acceptors (Lipinski definition) is 3. The van der Waals surface area contributed by atoms with E-state index in [1.807, 2.05) is 0 Å². The predicted octanol–water partition coefficient (Wildman–Crippen LogP) is 4.16. The third kappa shape index (κ3) is 1.87. The van der Waals surface area contributed by atoms with Crippen LogP contribution in [-0.4, -0.2) is 22.6 Å². The van der Waals surface area contributed by atoms with Crippen LogP contribution in [0, 0.1) is 22.2 Å². The van der Waals surface area contributed by atoms with Crippen LogP contribution in [0.2, 0.25) is 0 Å². The second-order valence-electron chi connectivity index (χ2n) is 9.67. The molecule has 0 aromatic carbocycles. The van der Waals surface area contributed by atoms with Crippen LogP contribution in [0.5, 0.6) is 0 Å².